The normalized spacial score (nSPS) is 11.3. The Morgan fingerprint density at radius 3 is 2.14 bits per heavy atom. The number of rotatable bonds is 2. The van der Waals surface area contributed by atoms with E-state index in [1.165, 1.54) is 0 Å². The molecule has 0 bridgehead atoms. The van der Waals surface area contributed by atoms with Crippen LogP contribution in [-0.4, -0.2) is 10.6 Å². The molecule has 0 saturated carbocycles. The lowest BCUT2D eigenvalue weighted by molar-refractivity contribution is 0.548. The van der Waals surface area contributed by atoms with Gasteiger partial charge in [-0.05, 0) is 6.92 Å². The highest BCUT2D eigenvalue weighted by atomic mass is 35.5. The van der Waals surface area contributed by atoms with Gasteiger partial charge in [0.2, 0.25) is 6.29 Å². The average Bonchev–Trinajstić information content (AvgIpc) is 1.30. The number of hydrogen-bond donors (Lipinski definition) is 0. The fourth-order valence-corrected chi connectivity index (χ4v) is 0.236. The summed E-state index contributed by atoms with van der Waals surface area (Å²) in [6, 6.07) is 0. The molecule has 0 aliphatic rings. The van der Waals surface area contributed by atoms with Crippen molar-refractivity contribution in [2.75, 3.05) is 0 Å². The minimum absolute atomic E-state index is 0.0656. The highest BCUT2D eigenvalue weighted by Gasteiger charge is 2.14. The van der Waals surface area contributed by atoms with Crippen LogP contribution in [0.25, 0.3) is 0 Å². The zero-order chi connectivity index (χ0) is 5.91. The molecule has 0 atom stereocenters. The number of carbonyl (C=O) groups excluding carboxylic acids is 1. The summed E-state index contributed by atoms with van der Waals surface area (Å²) in [4.78, 5) is 9.53. The molecule has 41 valence electrons. The Labute approximate surface area is 52.6 Å². The van der Waals surface area contributed by atoms with E-state index < -0.39 is 4.33 Å². The standard InChI is InChI=1S/C4H5Cl2O/c1-4(5,6)2-3-7/h2H2,1H3. The maximum absolute atomic E-state index is 9.53. The molecule has 0 unspecified atom stereocenters. The average molecular weight is 140 g/mol. The lowest BCUT2D eigenvalue weighted by atomic mass is 10.4. The number of halogens is 2. The summed E-state index contributed by atoms with van der Waals surface area (Å²) in [5, 5.41) is 0. The van der Waals surface area contributed by atoms with Crippen molar-refractivity contribution in [3.63, 3.8) is 0 Å². The molecule has 0 fully saturated rings. The van der Waals surface area contributed by atoms with Crippen LogP contribution in [0, 0.1) is 0 Å². The Kier molecular flexibility index (Phi) is 2.62. The van der Waals surface area contributed by atoms with Crippen LogP contribution in [0.5, 0.6) is 0 Å². The monoisotopic (exact) mass is 139 g/mol. The Balaban J connectivity index is 3.34. The summed E-state index contributed by atoms with van der Waals surface area (Å²) in [7, 11) is 0. The molecule has 3 heteroatoms. The van der Waals surface area contributed by atoms with E-state index >= 15 is 0 Å². The first-order valence-corrected chi connectivity index (χ1v) is 2.55. The molecule has 0 heterocycles. The Hall–Kier alpha value is 0.250. The van der Waals surface area contributed by atoms with Gasteiger partial charge in [0.25, 0.3) is 0 Å². The molecule has 0 aromatic rings. The molecule has 0 N–H and O–H groups in total. The van der Waals surface area contributed by atoms with Crippen LogP contribution in [0.2, 0.25) is 0 Å². The summed E-state index contributed by atoms with van der Waals surface area (Å²) in [6.07, 6.45) is 1.66. The summed E-state index contributed by atoms with van der Waals surface area (Å²) in [6.45, 7) is 1.54. The SMILES string of the molecule is CC(Cl)(Cl)C[C]=O. The molecule has 1 nitrogen and oxygen atoms in total. The van der Waals surface area contributed by atoms with Gasteiger partial charge in [-0.15, -0.1) is 23.2 Å². The molecule has 0 saturated heterocycles. The van der Waals surface area contributed by atoms with Crippen LogP contribution in [0.3, 0.4) is 0 Å². The van der Waals surface area contributed by atoms with Crippen molar-refractivity contribution in [3.05, 3.63) is 0 Å². The molecule has 0 aliphatic heterocycles. The molecule has 1 radical (unpaired) electrons. The van der Waals surface area contributed by atoms with Crippen molar-refractivity contribution in [3.8, 4) is 0 Å². The summed E-state index contributed by atoms with van der Waals surface area (Å²) < 4.78 is -0.929. The third-order valence-electron chi connectivity index (χ3n) is 0.383. The van der Waals surface area contributed by atoms with Crippen molar-refractivity contribution >= 4 is 29.5 Å². The predicted molar refractivity (Wildman–Crippen MR) is 30.4 cm³/mol. The van der Waals surface area contributed by atoms with Crippen molar-refractivity contribution in [2.45, 2.75) is 17.7 Å². The maximum atomic E-state index is 9.53. The smallest absolute Gasteiger partial charge is 0.201 e. The molecule has 7 heavy (non-hydrogen) atoms. The Morgan fingerprint density at radius 1 is 1.71 bits per heavy atom. The van der Waals surface area contributed by atoms with Crippen LogP contribution in [0.15, 0.2) is 0 Å². The quantitative estimate of drug-likeness (QED) is 0.533. The molecular formula is C4H5Cl2O. The summed E-state index contributed by atoms with van der Waals surface area (Å²) in [5.74, 6) is 0. The van der Waals surface area contributed by atoms with Gasteiger partial charge in [0.1, 0.15) is 4.33 Å². The van der Waals surface area contributed by atoms with E-state index in [0.717, 1.165) is 0 Å². The first-order valence-electron chi connectivity index (χ1n) is 1.79. The van der Waals surface area contributed by atoms with Gasteiger partial charge in [0.05, 0.1) is 0 Å². The van der Waals surface area contributed by atoms with E-state index in [9.17, 15) is 4.79 Å². The van der Waals surface area contributed by atoms with E-state index in [4.69, 9.17) is 23.2 Å². The number of hydrogen-bond acceptors (Lipinski definition) is 1. The molecule has 0 aliphatic carbocycles. The van der Waals surface area contributed by atoms with Crippen LogP contribution in [0.1, 0.15) is 13.3 Å². The van der Waals surface area contributed by atoms with Gasteiger partial charge >= 0.3 is 0 Å². The second-order valence-electron chi connectivity index (χ2n) is 1.39. The third kappa shape index (κ3) is 6.25. The second kappa shape index (κ2) is 2.53. The maximum Gasteiger partial charge on any atom is 0.201 e. The zero-order valence-electron chi connectivity index (χ0n) is 3.87. The second-order valence-corrected chi connectivity index (χ2v) is 3.25. The first-order chi connectivity index (χ1) is 3.06. The van der Waals surface area contributed by atoms with Crippen LogP contribution in [0.4, 0.5) is 0 Å². The molecule has 0 amide bonds. The highest BCUT2D eigenvalue weighted by molar-refractivity contribution is 6.48. The number of alkyl halides is 2. The van der Waals surface area contributed by atoms with Crippen LogP contribution in [-0.2, 0) is 4.79 Å². The Bertz CT molecular complexity index is 64.6. The largest absolute Gasteiger partial charge is 0.291 e. The van der Waals surface area contributed by atoms with Gasteiger partial charge in [-0.3, -0.25) is 4.79 Å². The minimum Gasteiger partial charge on any atom is -0.291 e. The Morgan fingerprint density at radius 2 is 2.14 bits per heavy atom. The van der Waals surface area contributed by atoms with E-state index in [-0.39, 0.29) is 6.42 Å². The third-order valence-corrected chi connectivity index (χ3v) is 0.650. The van der Waals surface area contributed by atoms with Gasteiger partial charge in [-0.1, -0.05) is 0 Å². The van der Waals surface area contributed by atoms with E-state index in [2.05, 4.69) is 0 Å². The molecule has 0 aromatic heterocycles. The highest BCUT2D eigenvalue weighted by Crippen LogP contribution is 2.21. The van der Waals surface area contributed by atoms with E-state index in [0.29, 0.717) is 0 Å². The van der Waals surface area contributed by atoms with Gasteiger partial charge < -0.3 is 0 Å². The summed E-state index contributed by atoms with van der Waals surface area (Å²) >= 11 is 10.7. The fraction of sp³-hybridized carbons (Fsp3) is 0.750. The van der Waals surface area contributed by atoms with Gasteiger partial charge in [0.15, 0.2) is 0 Å². The van der Waals surface area contributed by atoms with Crippen LogP contribution >= 0.6 is 23.2 Å². The fourth-order valence-electron chi connectivity index (χ4n) is 0.127. The van der Waals surface area contributed by atoms with Crippen molar-refractivity contribution in [1.82, 2.24) is 0 Å². The predicted octanol–water partition coefficient (Wildman–Crippen LogP) is 1.68. The van der Waals surface area contributed by atoms with E-state index in [1.807, 2.05) is 0 Å². The first kappa shape index (κ1) is 7.25. The lowest BCUT2D eigenvalue weighted by Crippen LogP contribution is -2.05. The minimum atomic E-state index is -0.929. The summed E-state index contributed by atoms with van der Waals surface area (Å²) in [5.41, 5.74) is 0. The van der Waals surface area contributed by atoms with Gasteiger partial charge in [-0.25, -0.2) is 0 Å². The van der Waals surface area contributed by atoms with Crippen molar-refractivity contribution in [2.24, 2.45) is 0 Å². The topological polar surface area (TPSA) is 17.1 Å². The van der Waals surface area contributed by atoms with Crippen molar-refractivity contribution in [1.29, 1.82) is 0 Å². The molecule has 0 rings (SSSR count). The van der Waals surface area contributed by atoms with Gasteiger partial charge in [0, 0.05) is 6.42 Å². The molecular weight excluding hydrogens is 135 g/mol. The van der Waals surface area contributed by atoms with Gasteiger partial charge in [-0.2, -0.15) is 0 Å². The van der Waals surface area contributed by atoms with Crippen LogP contribution < -0.4 is 0 Å². The molecule has 0 spiro atoms. The van der Waals surface area contributed by atoms with Crippen molar-refractivity contribution < 1.29 is 4.79 Å². The lowest BCUT2D eigenvalue weighted by Gasteiger charge is -2.04. The van der Waals surface area contributed by atoms with E-state index in [1.54, 1.807) is 13.2 Å². The zero-order valence-corrected chi connectivity index (χ0v) is 5.38. The molecule has 0 aromatic carbocycles.